The Morgan fingerprint density at radius 3 is 2.70 bits per heavy atom. The highest BCUT2D eigenvalue weighted by atomic mass is 16.1. The van der Waals surface area contributed by atoms with Crippen LogP contribution in [0.25, 0.3) is 0 Å². The van der Waals surface area contributed by atoms with Gasteiger partial charge in [0.25, 0.3) is 0 Å². The summed E-state index contributed by atoms with van der Waals surface area (Å²) in [6.07, 6.45) is 13.5. The van der Waals surface area contributed by atoms with Crippen LogP contribution in [0.1, 0.15) is 71.6 Å². The van der Waals surface area contributed by atoms with Crippen molar-refractivity contribution in [2.24, 2.45) is 34.5 Å². The van der Waals surface area contributed by atoms with E-state index < -0.39 is 0 Å². The standard InChI is InChI=1S/C21H30O2/c1-3-21-11-9-18-17(19(21)7-5-15(21)13-22)6-4-14-12-16(23)8-10-20(14,18)2/h12-13,15,17-19H,3-11H2,1-2H3. The molecule has 0 aromatic carbocycles. The monoisotopic (exact) mass is 314 g/mol. The molecule has 4 rings (SSSR count). The SMILES string of the molecule is CCC12CCC3C(CCC4=CC(=O)CCC43C)C1CCC2C=O. The van der Waals surface area contributed by atoms with Gasteiger partial charge in [-0.25, -0.2) is 0 Å². The molecule has 3 saturated carbocycles. The summed E-state index contributed by atoms with van der Waals surface area (Å²) in [5.74, 6) is 2.92. The average molecular weight is 314 g/mol. The predicted octanol–water partition coefficient (Wildman–Crippen LogP) is 4.72. The molecule has 0 bridgehead atoms. The molecule has 0 N–H and O–H groups in total. The van der Waals surface area contributed by atoms with Gasteiger partial charge in [0.2, 0.25) is 0 Å². The number of hydrogen-bond donors (Lipinski definition) is 0. The lowest BCUT2D eigenvalue weighted by atomic mass is 9.46. The van der Waals surface area contributed by atoms with E-state index in [9.17, 15) is 9.59 Å². The molecule has 4 aliphatic rings. The summed E-state index contributed by atoms with van der Waals surface area (Å²) in [6, 6.07) is 0. The van der Waals surface area contributed by atoms with Crippen molar-refractivity contribution in [3.8, 4) is 0 Å². The molecule has 6 unspecified atom stereocenters. The Morgan fingerprint density at radius 1 is 1.13 bits per heavy atom. The Balaban J connectivity index is 1.69. The third-order valence-corrected chi connectivity index (χ3v) is 8.57. The number of rotatable bonds is 2. The molecule has 0 saturated heterocycles. The van der Waals surface area contributed by atoms with E-state index in [4.69, 9.17) is 0 Å². The first-order valence-electron chi connectivity index (χ1n) is 9.74. The molecule has 0 heterocycles. The highest BCUT2D eigenvalue weighted by Gasteiger charge is 2.59. The first kappa shape index (κ1) is 15.6. The van der Waals surface area contributed by atoms with Crippen LogP contribution in [0.5, 0.6) is 0 Å². The topological polar surface area (TPSA) is 34.1 Å². The molecule has 6 atom stereocenters. The molecule has 2 nitrogen and oxygen atoms in total. The summed E-state index contributed by atoms with van der Waals surface area (Å²) in [4.78, 5) is 23.5. The zero-order chi connectivity index (χ0) is 16.2. The van der Waals surface area contributed by atoms with E-state index in [-0.39, 0.29) is 5.41 Å². The second kappa shape index (κ2) is 5.29. The van der Waals surface area contributed by atoms with Crippen molar-refractivity contribution < 1.29 is 9.59 Å². The maximum absolute atomic E-state index is 11.9. The molecule has 0 aliphatic heterocycles. The molecule has 126 valence electrons. The lowest BCUT2D eigenvalue weighted by molar-refractivity contribution is -0.122. The summed E-state index contributed by atoms with van der Waals surface area (Å²) in [5.41, 5.74) is 2.00. The zero-order valence-electron chi connectivity index (χ0n) is 14.6. The fourth-order valence-corrected chi connectivity index (χ4v) is 7.32. The summed E-state index contributed by atoms with van der Waals surface area (Å²) >= 11 is 0. The number of carbonyl (C=O) groups excluding carboxylic acids is 2. The maximum Gasteiger partial charge on any atom is 0.155 e. The predicted molar refractivity (Wildman–Crippen MR) is 90.9 cm³/mol. The first-order chi connectivity index (χ1) is 11.0. The van der Waals surface area contributed by atoms with Gasteiger partial charge < -0.3 is 4.79 Å². The molecule has 0 radical (unpaired) electrons. The molecule has 0 amide bonds. The van der Waals surface area contributed by atoms with Crippen LogP contribution in [0.3, 0.4) is 0 Å². The molecule has 23 heavy (non-hydrogen) atoms. The van der Waals surface area contributed by atoms with Gasteiger partial charge >= 0.3 is 0 Å². The van der Waals surface area contributed by atoms with E-state index in [1.54, 1.807) is 0 Å². The number of fused-ring (bicyclic) bond motifs is 5. The van der Waals surface area contributed by atoms with Crippen LogP contribution in [0.2, 0.25) is 0 Å². The summed E-state index contributed by atoms with van der Waals surface area (Å²) in [5, 5.41) is 0. The third-order valence-electron chi connectivity index (χ3n) is 8.57. The van der Waals surface area contributed by atoms with Gasteiger partial charge in [0.05, 0.1) is 0 Å². The Kier molecular flexibility index (Phi) is 3.59. The first-order valence-corrected chi connectivity index (χ1v) is 9.74. The van der Waals surface area contributed by atoms with Crippen LogP contribution in [0.15, 0.2) is 11.6 Å². The Labute approximate surface area is 140 Å². The van der Waals surface area contributed by atoms with E-state index in [0.717, 1.165) is 43.4 Å². The fraction of sp³-hybridized carbons (Fsp3) is 0.810. The minimum absolute atomic E-state index is 0.260. The normalized spacial score (nSPS) is 49.0. The Morgan fingerprint density at radius 2 is 1.96 bits per heavy atom. The number of hydrogen-bond acceptors (Lipinski definition) is 2. The lowest BCUT2D eigenvalue weighted by Crippen LogP contribution is -2.51. The quantitative estimate of drug-likeness (QED) is 0.691. The minimum atomic E-state index is 0.260. The van der Waals surface area contributed by atoms with E-state index in [1.165, 1.54) is 44.0 Å². The average Bonchev–Trinajstić information content (AvgIpc) is 2.94. The van der Waals surface area contributed by atoms with Crippen LogP contribution in [0, 0.1) is 34.5 Å². The summed E-state index contributed by atoms with van der Waals surface area (Å²) in [6.45, 7) is 4.75. The van der Waals surface area contributed by atoms with Crippen molar-refractivity contribution in [2.75, 3.05) is 0 Å². The van der Waals surface area contributed by atoms with Crippen LogP contribution < -0.4 is 0 Å². The number of carbonyl (C=O) groups is 2. The second-order valence-corrected chi connectivity index (χ2v) is 8.91. The fourth-order valence-electron chi connectivity index (χ4n) is 7.32. The van der Waals surface area contributed by atoms with E-state index in [2.05, 4.69) is 13.8 Å². The van der Waals surface area contributed by atoms with Gasteiger partial charge in [-0.15, -0.1) is 0 Å². The van der Waals surface area contributed by atoms with Crippen molar-refractivity contribution in [3.63, 3.8) is 0 Å². The summed E-state index contributed by atoms with van der Waals surface area (Å²) < 4.78 is 0. The number of allylic oxidation sites excluding steroid dienone is 1. The van der Waals surface area contributed by atoms with Crippen molar-refractivity contribution >= 4 is 12.1 Å². The highest BCUT2D eigenvalue weighted by Crippen LogP contribution is 2.67. The molecule has 3 fully saturated rings. The molecule has 4 aliphatic carbocycles. The highest BCUT2D eigenvalue weighted by molar-refractivity contribution is 5.91. The van der Waals surface area contributed by atoms with Gasteiger partial charge in [-0.1, -0.05) is 19.4 Å². The molecule has 2 heteroatoms. The third kappa shape index (κ3) is 1.99. The maximum atomic E-state index is 11.9. The second-order valence-electron chi connectivity index (χ2n) is 8.91. The van der Waals surface area contributed by atoms with Crippen LogP contribution >= 0.6 is 0 Å². The zero-order valence-corrected chi connectivity index (χ0v) is 14.6. The number of ketones is 1. The molecule has 0 aromatic rings. The van der Waals surface area contributed by atoms with Gasteiger partial charge in [-0.3, -0.25) is 4.79 Å². The van der Waals surface area contributed by atoms with E-state index in [1.807, 2.05) is 6.08 Å². The molecular weight excluding hydrogens is 284 g/mol. The summed E-state index contributed by atoms with van der Waals surface area (Å²) in [7, 11) is 0. The van der Waals surface area contributed by atoms with Crippen LogP contribution in [-0.2, 0) is 9.59 Å². The molecule has 0 aromatic heterocycles. The molecule has 0 spiro atoms. The van der Waals surface area contributed by atoms with Gasteiger partial charge in [-0.2, -0.15) is 0 Å². The van der Waals surface area contributed by atoms with Gasteiger partial charge in [0.1, 0.15) is 6.29 Å². The molecular formula is C21H30O2. The Bertz CT molecular complexity index is 562. The van der Waals surface area contributed by atoms with E-state index >= 15 is 0 Å². The van der Waals surface area contributed by atoms with Gasteiger partial charge in [0, 0.05) is 12.3 Å². The van der Waals surface area contributed by atoms with Crippen molar-refractivity contribution in [2.45, 2.75) is 71.6 Å². The lowest BCUT2D eigenvalue weighted by Gasteiger charge is -2.58. The van der Waals surface area contributed by atoms with Gasteiger partial charge in [0.15, 0.2) is 5.78 Å². The van der Waals surface area contributed by atoms with Crippen molar-refractivity contribution in [3.05, 3.63) is 11.6 Å². The Hall–Kier alpha value is -0.920. The van der Waals surface area contributed by atoms with Crippen LogP contribution in [0.4, 0.5) is 0 Å². The van der Waals surface area contributed by atoms with Crippen molar-refractivity contribution in [1.82, 2.24) is 0 Å². The largest absolute Gasteiger partial charge is 0.303 e. The van der Waals surface area contributed by atoms with Crippen LogP contribution in [-0.4, -0.2) is 12.1 Å². The van der Waals surface area contributed by atoms with Gasteiger partial charge in [-0.05, 0) is 86.0 Å². The number of aldehydes is 1. The van der Waals surface area contributed by atoms with Crippen molar-refractivity contribution in [1.29, 1.82) is 0 Å². The minimum Gasteiger partial charge on any atom is -0.303 e. The van der Waals surface area contributed by atoms with E-state index in [0.29, 0.717) is 17.1 Å². The smallest absolute Gasteiger partial charge is 0.155 e.